The van der Waals surface area contributed by atoms with Gasteiger partial charge in [-0.25, -0.2) is 0 Å². The molecule has 0 spiro atoms. The van der Waals surface area contributed by atoms with E-state index < -0.39 is 26.6 Å². The molecule has 0 saturated carbocycles. The molecule has 0 fully saturated rings. The quantitative estimate of drug-likeness (QED) is 0.118. The van der Waals surface area contributed by atoms with E-state index in [4.69, 9.17) is 0 Å². The van der Waals surface area contributed by atoms with Gasteiger partial charge in [0.15, 0.2) is 0 Å². The first-order chi connectivity index (χ1) is 23.3. The van der Waals surface area contributed by atoms with Crippen molar-refractivity contribution in [2.75, 3.05) is 0 Å². The minimum absolute atomic E-state index is 0.609. The van der Waals surface area contributed by atoms with E-state index in [1.54, 1.807) is 33.4 Å². The Bertz CT molecular complexity index is 1680. The molecule has 0 heterocycles. The van der Waals surface area contributed by atoms with Gasteiger partial charge in [-0.15, -0.1) is 0 Å². The van der Waals surface area contributed by atoms with E-state index in [1.807, 2.05) is 0 Å². The van der Waals surface area contributed by atoms with Crippen LogP contribution in [0.15, 0.2) is 96.1 Å². The van der Waals surface area contributed by atoms with Crippen molar-refractivity contribution in [1.29, 1.82) is 0 Å². The SMILES string of the molecule is CCCc1ccccc1-c1cccc2c1C=C(C(C)CC)[CH]2[Hf]([CH]1C(C(C)CC)=Cc2c(-c3ccccc3CCC)cccc21)[SiH](C)C. The molecule has 6 rings (SSSR count). The molecule has 0 saturated heterocycles. The molecule has 2 heteroatoms. The van der Waals surface area contributed by atoms with E-state index in [0.29, 0.717) is 19.2 Å². The molecule has 0 aromatic heterocycles. The van der Waals surface area contributed by atoms with Gasteiger partial charge >= 0.3 is 303 Å². The van der Waals surface area contributed by atoms with Gasteiger partial charge in [-0.3, -0.25) is 0 Å². The van der Waals surface area contributed by atoms with Crippen LogP contribution in [-0.2, 0) is 33.4 Å². The zero-order valence-electron chi connectivity index (χ0n) is 30.9. The van der Waals surface area contributed by atoms with E-state index in [2.05, 4.69) is 152 Å². The number of allylic oxidation sites excluding steroid dienone is 2. The van der Waals surface area contributed by atoms with E-state index in [0.717, 1.165) is 12.8 Å². The summed E-state index contributed by atoms with van der Waals surface area (Å²) in [6, 6.07) is 33.2. The molecule has 0 aliphatic heterocycles. The van der Waals surface area contributed by atoms with Crippen molar-refractivity contribution < 1.29 is 20.6 Å². The molecular formula is C46H57HfSi. The van der Waals surface area contributed by atoms with E-state index >= 15 is 0 Å². The summed E-state index contributed by atoms with van der Waals surface area (Å²) >= 11 is -2.50. The summed E-state index contributed by atoms with van der Waals surface area (Å²) in [5.41, 5.74) is 18.8. The first kappa shape index (κ1) is 35.3. The Morgan fingerprint density at radius 1 is 0.542 bits per heavy atom. The van der Waals surface area contributed by atoms with Crippen LogP contribution in [0.3, 0.4) is 0 Å². The Morgan fingerprint density at radius 3 is 1.31 bits per heavy atom. The summed E-state index contributed by atoms with van der Waals surface area (Å²) in [4.78, 5) is 0. The first-order valence-corrected chi connectivity index (χ1v) is 32.3. The van der Waals surface area contributed by atoms with Crippen LogP contribution in [0.2, 0.25) is 13.1 Å². The van der Waals surface area contributed by atoms with Gasteiger partial charge in [0.25, 0.3) is 0 Å². The molecule has 4 aromatic carbocycles. The van der Waals surface area contributed by atoms with Crippen molar-refractivity contribution in [3.8, 4) is 22.3 Å². The van der Waals surface area contributed by atoms with Crippen LogP contribution in [0.4, 0.5) is 0 Å². The third-order valence-electron chi connectivity index (χ3n) is 11.5. The number of hydrogen-bond acceptors (Lipinski definition) is 0. The second kappa shape index (κ2) is 15.6. The van der Waals surface area contributed by atoms with Crippen LogP contribution in [-0.4, -0.2) is 5.98 Å². The van der Waals surface area contributed by atoms with E-state index in [9.17, 15) is 0 Å². The van der Waals surface area contributed by atoms with Gasteiger partial charge in [-0.2, -0.15) is 0 Å². The molecular weight excluding hydrogens is 759 g/mol. The van der Waals surface area contributed by atoms with Gasteiger partial charge in [0.2, 0.25) is 0 Å². The van der Waals surface area contributed by atoms with E-state index in [1.165, 1.54) is 59.1 Å². The summed E-state index contributed by atoms with van der Waals surface area (Å²) in [5.74, 6) is 0.238. The molecule has 0 amide bonds. The van der Waals surface area contributed by atoms with Crippen molar-refractivity contribution in [2.45, 2.75) is 101 Å². The van der Waals surface area contributed by atoms with Gasteiger partial charge in [0.1, 0.15) is 0 Å². The average Bonchev–Trinajstić information content (AvgIpc) is 3.68. The Kier molecular flexibility index (Phi) is 11.4. The fourth-order valence-corrected chi connectivity index (χ4v) is 41.6. The molecule has 0 N–H and O–H groups in total. The number of rotatable bonds is 13. The maximum absolute atomic E-state index is 2.74. The van der Waals surface area contributed by atoms with Crippen LogP contribution in [0.1, 0.15) is 108 Å². The van der Waals surface area contributed by atoms with Crippen LogP contribution < -0.4 is 0 Å². The topological polar surface area (TPSA) is 0 Å². The molecule has 0 bridgehead atoms. The maximum atomic E-state index is 2.74. The fraction of sp³-hybridized carbons (Fsp3) is 0.391. The third-order valence-corrected chi connectivity index (χ3v) is 42.1. The molecule has 249 valence electrons. The summed E-state index contributed by atoms with van der Waals surface area (Å²) < 4.78 is 1.34. The predicted octanol–water partition coefficient (Wildman–Crippen LogP) is 13.2. The van der Waals surface area contributed by atoms with Crippen LogP contribution in [0, 0.1) is 11.8 Å². The molecule has 4 atom stereocenters. The Hall–Kier alpha value is -2.55. The number of fused-ring (bicyclic) bond motifs is 2. The van der Waals surface area contributed by atoms with Crippen LogP contribution in [0.5, 0.6) is 0 Å². The second-order valence-electron chi connectivity index (χ2n) is 14.9. The van der Waals surface area contributed by atoms with Crippen molar-refractivity contribution >= 4 is 18.1 Å². The number of hydrogen-bond donors (Lipinski definition) is 0. The minimum atomic E-state index is -2.50. The first-order valence-electron chi connectivity index (χ1n) is 19.1. The Morgan fingerprint density at radius 2 is 0.938 bits per heavy atom. The van der Waals surface area contributed by atoms with Crippen LogP contribution >= 0.6 is 0 Å². The predicted molar refractivity (Wildman–Crippen MR) is 211 cm³/mol. The summed E-state index contributed by atoms with van der Waals surface area (Å²) in [5, 5.41) is 0. The van der Waals surface area contributed by atoms with Crippen molar-refractivity contribution in [3.63, 3.8) is 0 Å². The van der Waals surface area contributed by atoms with Gasteiger partial charge in [0.05, 0.1) is 0 Å². The molecule has 0 nitrogen and oxygen atoms in total. The monoisotopic (exact) mass is 817 g/mol. The summed E-state index contributed by atoms with van der Waals surface area (Å²) in [6.45, 7) is 20.0. The molecule has 4 unspecified atom stereocenters. The normalized spacial score (nSPS) is 17.9. The third kappa shape index (κ3) is 6.54. The summed E-state index contributed by atoms with van der Waals surface area (Å²) in [6.07, 6.45) is 12.5. The summed E-state index contributed by atoms with van der Waals surface area (Å²) in [7, 11) is 0. The molecule has 48 heavy (non-hydrogen) atoms. The van der Waals surface area contributed by atoms with Gasteiger partial charge < -0.3 is 0 Å². The molecule has 2 aliphatic rings. The number of benzene rings is 4. The molecule has 0 radical (unpaired) electrons. The standard InChI is InChI=1S/2C22H25.C2H7Si.Hf/c2*1-4-9-17-10-6-7-12-20(17)21-13-8-11-18-14-19(15-22(18)21)16(3)5-2;1-3-2;/h2*6-8,10-16H,4-5,9H2,1-3H3;3H,1-2H3;. The van der Waals surface area contributed by atoms with Gasteiger partial charge in [0, 0.05) is 0 Å². The Balaban J connectivity index is 1.55. The average molecular weight is 817 g/mol. The fourth-order valence-electron chi connectivity index (χ4n) is 8.76. The van der Waals surface area contributed by atoms with E-state index in [-0.39, 0.29) is 0 Å². The number of aryl methyl sites for hydroxylation is 2. The van der Waals surface area contributed by atoms with Crippen molar-refractivity contribution in [3.05, 3.63) is 129 Å². The zero-order chi connectivity index (χ0) is 33.9. The molecule has 2 aliphatic carbocycles. The zero-order valence-corrected chi connectivity index (χ0v) is 35.6. The Labute approximate surface area is 300 Å². The van der Waals surface area contributed by atoms with Crippen LogP contribution in [0.25, 0.3) is 34.4 Å². The van der Waals surface area contributed by atoms with Gasteiger partial charge in [-0.1, -0.05) is 0 Å². The van der Waals surface area contributed by atoms with Crippen molar-refractivity contribution in [2.24, 2.45) is 11.8 Å². The molecule has 4 aromatic rings. The van der Waals surface area contributed by atoms with Crippen molar-refractivity contribution in [1.82, 2.24) is 0 Å². The van der Waals surface area contributed by atoms with Gasteiger partial charge in [-0.05, 0) is 0 Å². The second-order valence-corrected chi connectivity index (χ2v) is 42.8.